The molecule has 0 aromatic carbocycles. The zero-order chi connectivity index (χ0) is 21.9. The maximum Gasteiger partial charge on any atom is 0.222 e. The zero-order valence-electron chi connectivity index (χ0n) is 18.1. The molecule has 1 atom stereocenters. The fourth-order valence-electron chi connectivity index (χ4n) is 4.53. The number of anilines is 2. The van der Waals surface area contributed by atoms with Gasteiger partial charge in [0, 0.05) is 37.6 Å². The second kappa shape index (κ2) is 9.01. The normalized spacial score (nSPS) is 23.6. The number of hydrogen-bond acceptors (Lipinski definition) is 8. The van der Waals surface area contributed by atoms with E-state index in [9.17, 15) is 5.26 Å². The Labute approximate surface area is 187 Å². The molecule has 4 heterocycles. The highest BCUT2D eigenvalue weighted by molar-refractivity contribution is 5.72. The number of nitrogens with one attached hydrogen (secondary N) is 1. The van der Waals surface area contributed by atoms with Gasteiger partial charge in [-0.2, -0.15) is 10.4 Å². The van der Waals surface area contributed by atoms with Gasteiger partial charge in [-0.15, -0.1) is 0 Å². The molecule has 0 radical (unpaired) electrons. The highest BCUT2D eigenvalue weighted by Crippen LogP contribution is 2.33. The molecule has 1 aliphatic carbocycles. The van der Waals surface area contributed by atoms with Crippen LogP contribution in [0.2, 0.25) is 0 Å². The number of rotatable bonds is 5. The molecular formula is C23H27N7O2. The van der Waals surface area contributed by atoms with Crippen LogP contribution in [0.25, 0.3) is 5.52 Å². The summed E-state index contributed by atoms with van der Waals surface area (Å²) in [4.78, 5) is 10.8. The Morgan fingerprint density at radius 2 is 2.03 bits per heavy atom. The van der Waals surface area contributed by atoms with Crippen molar-refractivity contribution in [3.05, 3.63) is 42.5 Å². The van der Waals surface area contributed by atoms with Gasteiger partial charge in [-0.3, -0.25) is 0 Å². The molecule has 1 saturated heterocycles. The van der Waals surface area contributed by atoms with Crippen LogP contribution >= 0.6 is 0 Å². The molecule has 32 heavy (non-hydrogen) atoms. The molecule has 3 aromatic rings. The molecule has 9 nitrogen and oxygen atoms in total. The number of pyridine rings is 1. The van der Waals surface area contributed by atoms with Crippen molar-refractivity contribution >= 4 is 17.2 Å². The van der Waals surface area contributed by atoms with Gasteiger partial charge >= 0.3 is 0 Å². The summed E-state index contributed by atoms with van der Waals surface area (Å²) in [7, 11) is 0. The number of ether oxygens (including phenoxy) is 2. The minimum atomic E-state index is 0.0915. The average Bonchev–Trinajstić information content (AvgIpc) is 3.24. The smallest absolute Gasteiger partial charge is 0.222 e. The molecule has 9 heteroatoms. The molecule has 1 saturated carbocycles. The van der Waals surface area contributed by atoms with Crippen molar-refractivity contribution in [1.29, 1.82) is 5.26 Å². The summed E-state index contributed by atoms with van der Waals surface area (Å²) in [5.41, 5.74) is 2.29. The SMILES string of the molecule is CC1CN(c2cc(OC3CCC(Nc4ncccn4)CC3)c3c(C#N)cnn3c2)CCO1. The van der Waals surface area contributed by atoms with Crippen molar-refractivity contribution < 1.29 is 9.47 Å². The maximum absolute atomic E-state index is 9.58. The van der Waals surface area contributed by atoms with Gasteiger partial charge < -0.3 is 19.7 Å². The summed E-state index contributed by atoms with van der Waals surface area (Å²) < 4.78 is 14.0. The minimum Gasteiger partial charge on any atom is -0.488 e. The number of morpholine rings is 1. The van der Waals surface area contributed by atoms with Gasteiger partial charge in [0.05, 0.1) is 36.9 Å². The lowest BCUT2D eigenvalue weighted by molar-refractivity contribution is 0.0531. The molecule has 1 unspecified atom stereocenters. The lowest BCUT2D eigenvalue weighted by Crippen LogP contribution is -2.41. The average molecular weight is 434 g/mol. The predicted octanol–water partition coefficient (Wildman–Crippen LogP) is 3.02. The van der Waals surface area contributed by atoms with Gasteiger partial charge in [-0.25, -0.2) is 14.5 Å². The number of aromatic nitrogens is 4. The largest absolute Gasteiger partial charge is 0.488 e. The molecule has 2 fully saturated rings. The predicted molar refractivity (Wildman–Crippen MR) is 120 cm³/mol. The lowest BCUT2D eigenvalue weighted by Gasteiger charge is -2.33. The van der Waals surface area contributed by atoms with Crippen LogP contribution < -0.4 is 15.0 Å². The lowest BCUT2D eigenvalue weighted by atomic mass is 9.93. The molecule has 1 aliphatic heterocycles. The number of fused-ring (bicyclic) bond motifs is 1. The third-order valence-corrected chi connectivity index (χ3v) is 6.16. The van der Waals surface area contributed by atoms with E-state index in [1.165, 1.54) is 0 Å². The van der Waals surface area contributed by atoms with Crippen molar-refractivity contribution in [3.8, 4) is 11.8 Å². The fourth-order valence-corrected chi connectivity index (χ4v) is 4.53. The first-order chi connectivity index (χ1) is 15.7. The van der Waals surface area contributed by atoms with Crippen LogP contribution in [-0.2, 0) is 4.74 Å². The highest BCUT2D eigenvalue weighted by atomic mass is 16.5. The van der Waals surface area contributed by atoms with Crippen LogP contribution in [-0.4, -0.2) is 57.5 Å². The van der Waals surface area contributed by atoms with Crippen LogP contribution in [0, 0.1) is 11.3 Å². The van der Waals surface area contributed by atoms with Crippen molar-refractivity contribution in [2.75, 3.05) is 29.9 Å². The second-order valence-corrected chi connectivity index (χ2v) is 8.46. The monoisotopic (exact) mass is 433 g/mol. The first-order valence-electron chi connectivity index (χ1n) is 11.2. The van der Waals surface area contributed by atoms with Crippen LogP contribution in [0.3, 0.4) is 0 Å². The molecule has 2 aliphatic rings. The highest BCUT2D eigenvalue weighted by Gasteiger charge is 2.25. The summed E-state index contributed by atoms with van der Waals surface area (Å²) in [6, 6.07) is 6.45. The van der Waals surface area contributed by atoms with Crippen LogP contribution in [0.1, 0.15) is 38.2 Å². The van der Waals surface area contributed by atoms with E-state index in [4.69, 9.17) is 9.47 Å². The minimum absolute atomic E-state index is 0.0915. The van der Waals surface area contributed by atoms with E-state index in [1.54, 1.807) is 23.1 Å². The van der Waals surface area contributed by atoms with Gasteiger partial charge in [-0.1, -0.05) is 0 Å². The Hall–Kier alpha value is -3.38. The third kappa shape index (κ3) is 4.32. The Balaban J connectivity index is 1.33. The van der Waals surface area contributed by atoms with E-state index in [0.717, 1.165) is 55.7 Å². The summed E-state index contributed by atoms with van der Waals surface area (Å²) in [6.45, 7) is 4.41. The van der Waals surface area contributed by atoms with Crippen LogP contribution in [0.15, 0.2) is 36.9 Å². The molecule has 3 aromatic heterocycles. The molecule has 0 bridgehead atoms. The van der Waals surface area contributed by atoms with E-state index in [2.05, 4.69) is 44.3 Å². The van der Waals surface area contributed by atoms with E-state index in [0.29, 0.717) is 24.2 Å². The summed E-state index contributed by atoms with van der Waals surface area (Å²) in [5.74, 6) is 1.39. The summed E-state index contributed by atoms with van der Waals surface area (Å²) >= 11 is 0. The van der Waals surface area contributed by atoms with Crippen molar-refractivity contribution in [1.82, 2.24) is 19.6 Å². The number of nitrogens with zero attached hydrogens (tertiary/aromatic N) is 6. The Morgan fingerprint density at radius 1 is 1.22 bits per heavy atom. The standard InChI is InChI=1S/C23H27N7O2/c1-16-14-29(9-10-31-16)19-11-21(22-17(12-24)13-27-30(22)15-19)32-20-5-3-18(4-6-20)28-23-25-7-2-8-26-23/h2,7-8,11,13,15-16,18,20H,3-6,9-10,14H2,1H3,(H,25,26,28). The second-order valence-electron chi connectivity index (χ2n) is 8.46. The van der Waals surface area contributed by atoms with Gasteiger partial charge in [0.2, 0.25) is 5.95 Å². The topological polar surface area (TPSA) is 101 Å². The molecular weight excluding hydrogens is 406 g/mol. The number of hydrogen-bond donors (Lipinski definition) is 1. The molecule has 166 valence electrons. The van der Waals surface area contributed by atoms with Crippen molar-refractivity contribution in [2.45, 2.75) is 50.9 Å². The molecule has 0 amide bonds. The summed E-state index contributed by atoms with van der Waals surface area (Å²) in [5, 5.41) is 17.4. The van der Waals surface area contributed by atoms with Gasteiger partial charge in [0.25, 0.3) is 0 Å². The van der Waals surface area contributed by atoms with E-state index in [-0.39, 0.29) is 12.2 Å². The first kappa shape index (κ1) is 20.5. The Kier molecular flexibility index (Phi) is 5.77. The zero-order valence-corrected chi connectivity index (χ0v) is 18.1. The van der Waals surface area contributed by atoms with Crippen LogP contribution in [0.5, 0.6) is 5.75 Å². The van der Waals surface area contributed by atoms with Gasteiger partial charge in [0.1, 0.15) is 22.9 Å². The third-order valence-electron chi connectivity index (χ3n) is 6.16. The van der Waals surface area contributed by atoms with E-state index < -0.39 is 0 Å². The molecule has 5 rings (SSSR count). The van der Waals surface area contributed by atoms with Crippen molar-refractivity contribution in [3.63, 3.8) is 0 Å². The quantitative estimate of drug-likeness (QED) is 0.655. The van der Waals surface area contributed by atoms with E-state index in [1.807, 2.05) is 12.3 Å². The first-order valence-corrected chi connectivity index (χ1v) is 11.2. The summed E-state index contributed by atoms with van der Waals surface area (Å²) in [6.07, 6.45) is 11.1. The van der Waals surface area contributed by atoms with Gasteiger partial charge in [-0.05, 0) is 38.7 Å². The van der Waals surface area contributed by atoms with Crippen LogP contribution in [0.4, 0.5) is 11.6 Å². The Bertz CT molecular complexity index is 1100. The van der Waals surface area contributed by atoms with E-state index >= 15 is 0 Å². The number of nitriles is 1. The fraction of sp³-hybridized carbons (Fsp3) is 0.478. The van der Waals surface area contributed by atoms with Crippen molar-refractivity contribution in [2.24, 2.45) is 0 Å². The Morgan fingerprint density at radius 3 is 2.78 bits per heavy atom. The molecule has 1 N–H and O–H groups in total. The van der Waals surface area contributed by atoms with Gasteiger partial charge in [0.15, 0.2) is 0 Å². The molecule has 0 spiro atoms. The maximum atomic E-state index is 9.58.